The molecule has 0 aliphatic rings. The van der Waals surface area contributed by atoms with Crippen molar-refractivity contribution in [1.82, 2.24) is 0 Å². The summed E-state index contributed by atoms with van der Waals surface area (Å²) >= 11 is 0. The van der Waals surface area contributed by atoms with Crippen molar-refractivity contribution in [2.75, 3.05) is 21.0 Å². The zero-order valence-corrected chi connectivity index (χ0v) is 18.4. The van der Waals surface area contributed by atoms with Crippen molar-refractivity contribution in [2.24, 2.45) is 0 Å². The minimum absolute atomic E-state index is 0.0601. The fraction of sp³-hybridized carbons (Fsp3) is 0.0952. The molecular formula is C21H21N3O5S2. The lowest BCUT2D eigenvalue weighted by atomic mass is 10.2. The zero-order chi connectivity index (χ0) is 22.6. The average Bonchev–Trinajstić information content (AvgIpc) is 2.69. The molecule has 1 amide bonds. The molecular weight excluding hydrogens is 438 g/mol. The van der Waals surface area contributed by atoms with Gasteiger partial charge in [0.05, 0.1) is 16.8 Å². The lowest BCUT2D eigenvalue weighted by Crippen LogP contribution is -2.15. The summed E-state index contributed by atoms with van der Waals surface area (Å²) in [5.41, 5.74) is 2.37. The summed E-state index contributed by atoms with van der Waals surface area (Å²) in [5, 5.41) is 2.67. The van der Waals surface area contributed by atoms with Crippen LogP contribution >= 0.6 is 0 Å². The molecule has 0 bridgehead atoms. The van der Waals surface area contributed by atoms with Gasteiger partial charge in [-0.15, -0.1) is 0 Å². The van der Waals surface area contributed by atoms with Crippen LogP contribution in [0.2, 0.25) is 0 Å². The number of hydrogen-bond acceptors (Lipinski definition) is 5. The van der Waals surface area contributed by atoms with E-state index in [1.165, 1.54) is 48.5 Å². The highest BCUT2D eigenvalue weighted by Crippen LogP contribution is 2.21. The minimum Gasteiger partial charge on any atom is -0.322 e. The van der Waals surface area contributed by atoms with Crippen molar-refractivity contribution in [1.29, 1.82) is 0 Å². The van der Waals surface area contributed by atoms with Gasteiger partial charge in [-0.3, -0.25) is 14.2 Å². The Bertz CT molecular complexity index is 1300. The van der Waals surface area contributed by atoms with Crippen LogP contribution in [0.3, 0.4) is 0 Å². The van der Waals surface area contributed by atoms with Gasteiger partial charge < -0.3 is 5.32 Å². The predicted octanol–water partition coefficient (Wildman–Crippen LogP) is 3.42. The number of anilines is 3. The zero-order valence-electron chi connectivity index (χ0n) is 16.8. The normalized spacial score (nSPS) is 11.5. The van der Waals surface area contributed by atoms with Crippen LogP contribution in [-0.2, 0) is 20.0 Å². The second-order valence-electron chi connectivity index (χ2n) is 6.85. The number of benzene rings is 3. The summed E-state index contributed by atoms with van der Waals surface area (Å²) in [4.78, 5) is 12.5. The van der Waals surface area contributed by atoms with Gasteiger partial charge in [0, 0.05) is 16.9 Å². The molecule has 0 saturated heterocycles. The molecule has 3 aromatic rings. The molecule has 8 nitrogen and oxygen atoms in total. The molecule has 10 heteroatoms. The van der Waals surface area contributed by atoms with Gasteiger partial charge in [-0.25, -0.2) is 16.8 Å². The summed E-state index contributed by atoms with van der Waals surface area (Å²) in [6.45, 7) is 1.81. The first-order chi connectivity index (χ1) is 14.5. The van der Waals surface area contributed by atoms with Crippen molar-refractivity contribution >= 4 is 43.0 Å². The summed E-state index contributed by atoms with van der Waals surface area (Å²) < 4.78 is 52.5. The van der Waals surface area contributed by atoms with Crippen LogP contribution in [0.4, 0.5) is 17.1 Å². The van der Waals surface area contributed by atoms with Crippen LogP contribution in [-0.4, -0.2) is 29.0 Å². The third-order valence-corrected chi connectivity index (χ3v) is 6.25. The van der Waals surface area contributed by atoms with Gasteiger partial charge in [-0.1, -0.05) is 18.2 Å². The van der Waals surface area contributed by atoms with E-state index in [0.29, 0.717) is 22.6 Å². The van der Waals surface area contributed by atoms with Crippen molar-refractivity contribution in [3.63, 3.8) is 0 Å². The van der Waals surface area contributed by atoms with Crippen molar-refractivity contribution in [3.05, 3.63) is 83.9 Å². The van der Waals surface area contributed by atoms with E-state index < -0.39 is 26.0 Å². The number of sulfonamides is 2. The van der Waals surface area contributed by atoms with Crippen LogP contribution in [0.15, 0.2) is 77.7 Å². The van der Waals surface area contributed by atoms with Gasteiger partial charge in [0.15, 0.2) is 0 Å². The molecule has 0 radical (unpaired) electrons. The van der Waals surface area contributed by atoms with Crippen LogP contribution in [0.5, 0.6) is 0 Å². The average molecular weight is 460 g/mol. The molecule has 0 aliphatic heterocycles. The highest BCUT2D eigenvalue weighted by molar-refractivity contribution is 7.92. The standard InChI is InChI=1S/C21H21N3O5S2/c1-15-5-3-4-6-20(15)24-31(28,29)19-13-11-17(12-14-19)22-21(25)16-7-9-18(10-8-16)23-30(2,26)27/h3-14,23-24H,1-2H3,(H,22,25). The van der Waals surface area contributed by atoms with Crippen molar-refractivity contribution < 1.29 is 21.6 Å². The molecule has 0 fully saturated rings. The van der Waals surface area contributed by atoms with E-state index >= 15 is 0 Å². The molecule has 3 rings (SSSR count). The number of nitrogens with one attached hydrogen (secondary N) is 3. The molecule has 0 heterocycles. The number of carbonyl (C=O) groups excluding carboxylic acids is 1. The van der Waals surface area contributed by atoms with Gasteiger partial charge in [-0.05, 0) is 67.1 Å². The summed E-state index contributed by atoms with van der Waals surface area (Å²) in [6, 6.07) is 18.7. The Morgan fingerprint density at radius 3 is 1.90 bits per heavy atom. The van der Waals surface area contributed by atoms with Crippen LogP contribution < -0.4 is 14.8 Å². The van der Waals surface area contributed by atoms with Gasteiger partial charge in [0.2, 0.25) is 10.0 Å². The Morgan fingerprint density at radius 1 is 0.742 bits per heavy atom. The Hall–Kier alpha value is -3.37. The van der Waals surface area contributed by atoms with E-state index in [-0.39, 0.29) is 4.90 Å². The van der Waals surface area contributed by atoms with Crippen molar-refractivity contribution in [3.8, 4) is 0 Å². The van der Waals surface area contributed by atoms with E-state index in [1.807, 2.05) is 6.07 Å². The Labute approximate surface area is 181 Å². The third-order valence-electron chi connectivity index (χ3n) is 4.26. The Balaban J connectivity index is 1.69. The predicted molar refractivity (Wildman–Crippen MR) is 121 cm³/mol. The monoisotopic (exact) mass is 459 g/mol. The molecule has 0 atom stereocenters. The number of hydrogen-bond donors (Lipinski definition) is 3. The smallest absolute Gasteiger partial charge is 0.261 e. The first kappa shape index (κ1) is 22.3. The molecule has 0 aromatic heterocycles. The number of amides is 1. The molecule has 3 N–H and O–H groups in total. The van der Waals surface area contributed by atoms with Crippen LogP contribution in [0.25, 0.3) is 0 Å². The first-order valence-corrected chi connectivity index (χ1v) is 12.5. The summed E-state index contributed by atoms with van der Waals surface area (Å²) in [7, 11) is -7.17. The van der Waals surface area contributed by atoms with E-state index in [1.54, 1.807) is 25.1 Å². The Morgan fingerprint density at radius 2 is 1.32 bits per heavy atom. The molecule has 0 unspecified atom stereocenters. The second kappa shape index (κ2) is 8.78. The quantitative estimate of drug-likeness (QED) is 0.500. The maximum absolute atomic E-state index is 12.6. The number of carbonyl (C=O) groups is 1. The fourth-order valence-electron chi connectivity index (χ4n) is 2.72. The van der Waals surface area contributed by atoms with E-state index in [0.717, 1.165) is 11.8 Å². The molecule has 0 aliphatic carbocycles. The van der Waals surface area contributed by atoms with E-state index in [9.17, 15) is 21.6 Å². The number of rotatable bonds is 7. The first-order valence-electron chi connectivity index (χ1n) is 9.11. The highest BCUT2D eigenvalue weighted by Gasteiger charge is 2.15. The van der Waals surface area contributed by atoms with Gasteiger partial charge in [0.25, 0.3) is 15.9 Å². The van der Waals surface area contributed by atoms with Gasteiger partial charge in [0.1, 0.15) is 0 Å². The Kier molecular flexibility index (Phi) is 6.32. The summed E-state index contributed by atoms with van der Waals surface area (Å²) in [6.07, 6.45) is 1.04. The topological polar surface area (TPSA) is 121 Å². The summed E-state index contributed by atoms with van der Waals surface area (Å²) in [5.74, 6) is -0.417. The second-order valence-corrected chi connectivity index (χ2v) is 10.3. The van der Waals surface area contributed by atoms with E-state index in [4.69, 9.17) is 0 Å². The number of para-hydroxylation sites is 1. The molecule has 162 valence electrons. The largest absolute Gasteiger partial charge is 0.322 e. The molecule has 3 aromatic carbocycles. The lowest BCUT2D eigenvalue weighted by Gasteiger charge is -2.11. The minimum atomic E-state index is -3.77. The van der Waals surface area contributed by atoms with Crippen molar-refractivity contribution in [2.45, 2.75) is 11.8 Å². The SMILES string of the molecule is Cc1ccccc1NS(=O)(=O)c1ccc(NC(=O)c2ccc(NS(C)(=O)=O)cc2)cc1. The molecule has 0 saturated carbocycles. The van der Waals surface area contributed by atoms with Gasteiger partial charge in [-0.2, -0.15) is 0 Å². The maximum atomic E-state index is 12.6. The fourth-order valence-corrected chi connectivity index (χ4v) is 4.41. The van der Waals surface area contributed by atoms with Crippen LogP contribution in [0, 0.1) is 6.92 Å². The lowest BCUT2D eigenvalue weighted by molar-refractivity contribution is 0.102. The van der Waals surface area contributed by atoms with Crippen LogP contribution in [0.1, 0.15) is 15.9 Å². The van der Waals surface area contributed by atoms with E-state index in [2.05, 4.69) is 14.8 Å². The molecule has 31 heavy (non-hydrogen) atoms. The number of aryl methyl sites for hydroxylation is 1. The third kappa shape index (κ3) is 6.06. The maximum Gasteiger partial charge on any atom is 0.261 e. The van der Waals surface area contributed by atoms with Gasteiger partial charge >= 0.3 is 0 Å². The highest BCUT2D eigenvalue weighted by atomic mass is 32.2. The molecule has 0 spiro atoms.